The van der Waals surface area contributed by atoms with Crippen LogP contribution in [0.15, 0.2) is 36.1 Å². The van der Waals surface area contributed by atoms with Crippen LogP contribution in [0.1, 0.15) is 0 Å². The molecule has 0 bridgehead atoms. The molecular formula is C12H10N6O5. The molecule has 0 aliphatic heterocycles. The molecule has 0 aromatic carbocycles. The number of aryl methyl sites for hydroxylation is 1. The number of hydrogen-bond acceptors (Lipinski definition) is 7. The van der Waals surface area contributed by atoms with Crippen molar-refractivity contribution in [2.75, 3.05) is 0 Å². The van der Waals surface area contributed by atoms with Crippen LogP contribution in [0.4, 0.5) is 0 Å². The van der Waals surface area contributed by atoms with E-state index in [-0.39, 0.29) is 22.8 Å². The van der Waals surface area contributed by atoms with Crippen molar-refractivity contribution in [1.29, 1.82) is 0 Å². The van der Waals surface area contributed by atoms with Crippen molar-refractivity contribution in [3.63, 3.8) is 0 Å². The highest BCUT2D eigenvalue weighted by molar-refractivity contribution is 5.56. The van der Waals surface area contributed by atoms with Gasteiger partial charge in [0.05, 0.1) is 0 Å². The van der Waals surface area contributed by atoms with Gasteiger partial charge in [-0.1, -0.05) is 5.16 Å². The van der Waals surface area contributed by atoms with Crippen LogP contribution in [0.2, 0.25) is 0 Å². The highest BCUT2D eigenvalue weighted by Gasteiger charge is 2.18. The Kier molecular flexibility index (Phi) is 3.17. The van der Waals surface area contributed by atoms with Crippen LogP contribution in [0.25, 0.3) is 22.8 Å². The second-order valence-corrected chi connectivity index (χ2v) is 4.71. The Balaban J connectivity index is 2.17. The number of rotatable bonds is 2. The van der Waals surface area contributed by atoms with Crippen LogP contribution in [0.3, 0.4) is 0 Å². The van der Waals surface area contributed by atoms with Crippen molar-refractivity contribution in [1.82, 2.24) is 29.2 Å². The van der Waals surface area contributed by atoms with E-state index in [1.54, 1.807) is 0 Å². The van der Waals surface area contributed by atoms with Gasteiger partial charge in [-0.15, -0.1) is 0 Å². The number of hydrogen-bond donors (Lipinski definition) is 2. The highest BCUT2D eigenvalue weighted by atomic mass is 16.5. The number of aromatic nitrogens is 6. The fourth-order valence-electron chi connectivity index (χ4n) is 1.97. The summed E-state index contributed by atoms with van der Waals surface area (Å²) in [6.45, 7) is 0. The first kappa shape index (κ1) is 14.4. The van der Waals surface area contributed by atoms with Gasteiger partial charge in [0, 0.05) is 26.5 Å². The lowest BCUT2D eigenvalue weighted by molar-refractivity contribution is 0.431. The Bertz CT molecular complexity index is 1130. The van der Waals surface area contributed by atoms with Gasteiger partial charge in [-0.05, 0) is 0 Å². The first-order chi connectivity index (χ1) is 10.9. The number of nitrogens with one attached hydrogen (secondary N) is 2. The maximum absolute atomic E-state index is 12.1. The maximum Gasteiger partial charge on any atom is 0.330 e. The van der Waals surface area contributed by atoms with E-state index in [2.05, 4.69) is 15.1 Å². The number of nitrogens with zero attached hydrogens (tertiary/aromatic N) is 4. The van der Waals surface area contributed by atoms with Crippen molar-refractivity contribution < 1.29 is 4.52 Å². The monoisotopic (exact) mass is 318 g/mol. The third-order valence-corrected chi connectivity index (χ3v) is 3.16. The van der Waals surface area contributed by atoms with Gasteiger partial charge in [-0.25, -0.2) is 9.59 Å². The van der Waals surface area contributed by atoms with Crippen LogP contribution in [-0.2, 0) is 14.1 Å². The lowest BCUT2D eigenvalue weighted by Crippen LogP contribution is -2.37. The first-order valence-corrected chi connectivity index (χ1v) is 6.31. The van der Waals surface area contributed by atoms with E-state index in [1.165, 1.54) is 24.9 Å². The second kappa shape index (κ2) is 5.05. The molecule has 2 N–H and O–H groups in total. The van der Waals surface area contributed by atoms with Gasteiger partial charge >= 0.3 is 11.4 Å². The van der Waals surface area contributed by atoms with Gasteiger partial charge in [-0.2, -0.15) is 4.98 Å². The predicted molar refractivity (Wildman–Crippen MR) is 76.9 cm³/mol. The quantitative estimate of drug-likeness (QED) is 0.565. The van der Waals surface area contributed by atoms with Crippen molar-refractivity contribution >= 4 is 0 Å². The molecule has 0 spiro atoms. The minimum atomic E-state index is -0.711. The van der Waals surface area contributed by atoms with Crippen LogP contribution >= 0.6 is 0 Å². The summed E-state index contributed by atoms with van der Waals surface area (Å²) in [7, 11) is 2.79. The molecule has 0 saturated heterocycles. The zero-order chi connectivity index (χ0) is 16.7. The van der Waals surface area contributed by atoms with Gasteiger partial charge in [0.25, 0.3) is 17.0 Å². The van der Waals surface area contributed by atoms with Gasteiger partial charge in [0.1, 0.15) is 11.1 Å². The molecule has 118 valence electrons. The molecule has 0 aliphatic rings. The van der Waals surface area contributed by atoms with Gasteiger partial charge in [0.2, 0.25) is 5.82 Å². The summed E-state index contributed by atoms with van der Waals surface area (Å²) in [6, 6.07) is 0. The normalized spacial score (nSPS) is 10.9. The molecule has 0 saturated carbocycles. The Morgan fingerprint density at radius 2 is 1.87 bits per heavy atom. The Hall–Kier alpha value is -3.50. The zero-order valence-corrected chi connectivity index (χ0v) is 12.0. The summed E-state index contributed by atoms with van der Waals surface area (Å²) in [6.07, 6.45) is 2.40. The van der Waals surface area contributed by atoms with E-state index < -0.39 is 22.5 Å². The molecule has 0 aliphatic carbocycles. The molecule has 0 fully saturated rings. The van der Waals surface area contributed by atoms with E-state index in [0.717, 1.165) is 10.8 Å². The summed E-state index contributed by atoms with van der Waals surface area (Å²) in [4.78, 5) is 54.7. The fourth-order valence-corrected chi connectivity index (χ4v) is 1.97. The summed E-state index contributed by atoms with van der Waals surface area (Å²) < 4.78 is 7.05. The average molecular weight is 318 g/mol. The zero-order valence-electron chi connectivity index (χ0n) is 12.0. The van der Waals surface area contributed by atoms with E-state index >= 15 is 0 Å². The standard InChI is InChI=1S/C12H10N6O5/c1-17-4-6(10(20)18(2)12(17)22)7-14-9(23-16-7)5-3-13-11(21)15-8(5)19/h3-4H,1-2H3,(H2,13,15,19,21). The fraction of sp³-hybridized carbons (Fsp3) is 0.167. The van der Waals surface area contributed by atoms with E-state index in [9.17, 15) is 19.2 Å². The molecule has 0 amide bonds. The maximum atomic E-state index is 12.1. The van der Waals surface area contributed by atoms with Crippen molar-refractivity contribution in [3.05, 3.63) is 54.1 Å². The highest BCUT2D eigenvalue weighted by Crippen LogP contribution is 2.15. The van der Waals surface area contributed by atoms with Crippen LogP contribution in [-0.4, -0.2) is 29.2 Å². The molecular weight excluding hydrogens is 308 g/mol. The van der Waals surface area contributed by atoms with Crippen LogP contribution in [0, 0.1) is 0 Å². The average Bonchev–Trinajstić information content (AvgIpc) is 2.98. The number of aromatic amines is 2. The van der Waals surface area contributed by atoms with E-state index in [0.29, 0.717) is 0 Å². The molecule has 0 radical (unpaired) electrons. The minimum absolute atomic E-state index is 0.0328. The largest absolute Gasteiger partial charge is 0.333 e. The molecule has 3 rings (SSSR count). The van der Waals surface area contributed by atoms with Crippen molar-refractivity contribution in [2.45, 2.75) is 0 Å². The van der Waals surface area contributed by atoms with Gasteiger partial charge in [0.15, 0.2) is 0 Å². The van der Waals surface area contributed by atoms with Crippen molar-refractivity contribution in [3.8, 4) is 22.8 Å². The number of H-pyrrole nitrogens is 2. The molecule has 23 heavy (non-hydrogen) atoms. The van der Waals surface area contributed by atoms with E-state index in [1.807, 2.05) is 4.98 Å². The second-order valence-electron chi connectivity index (χ2n) is 4.71. The summed E-state index contributed by atoms with van der Waals surface area (Å²) in [5, 5.41) is 3.64. The van der Waals surface area contributed by atoms with E-state index in [4.69, 9.17) is 4.52 Å². The van der Waals surface area contributed by atoms with Gasteiger partial charge < -0.3 is 14.1 Å². The van der Waals surface area contributed by atoms with Crippen LogP contribution < -0.4 is 22.5 Å². The van der Waals surface area contributed by atoms with Gasteiger partial charge in [-0.3, -0.25) is 19.1 Å². The third kappa shape index (κ3) is 2.33. The summed E-state index contributed by atoms with van der Waals surface area (Å²) in [5.74, 6) is -0.254. The minimum Gasteiger partial charge on any atom is -0.333 e. The van der Waals surface area contributed by atoms with Crippen molar-refractivity contribution in [2.24, 2.45) is 14.1 Å². The lowest BCUT2D eigenvalue weighted by Gasteiger charge is -2.02. The lowest BCUT2D eigenvalue weighted by atomic mass is 10.3. The SMILES string of the molecule is Cn1cc(-c2noc(-c3c[nH]c(=O)[nH]c3=O)n2)c(=O)n(C)c1=O. The summed E-state index contributed by atoms with van der Waals surface area (Å²) >= 11 is 0. The molecule has 3 aromatic rings. The Labute approximate surface area is 125 Å². The molecule has 11 heteroatoms. The molecule has 11 nitrogen and oxygen atoms in total. The molecule has 0 atom stereocenters. The predicted octanol–water partition coefficient (Wildman–Crippen LogP) is -1.82. The molecule has 3 heterocycles. The third-order valence-electron chi connectivity index (χ3n) is 3.16. The Morgan fingerprint density at radius 3 is 2.57 bits per heavy atom. The first-order valence-electron chi connectivity index (χ1n) is 6.31. The molecule has 3 aromatic heterocycles. The smallest absolute Gasteiger partial charge is 0.330 e. The van der Waals surface area contributed by atoms with Crippen LogP contribution in [0.5, 0.6) is 0 Å². The summed E-state index contributed by atoms with van der Waals surface area (Å²) in [5.41, 5.74) is -2.51. The topological polar surface area (TPSA) is 149 Å². The Morgan fingerprint density at radius 1 is 1.13 bits per heavy atom. The molecule has 0 unspecified atom stereocenters.